The second-order valence-electron chi connectivity index (χ2n) is 8.18. The summed E-state index contributed by atoms with van der Waals surface area (Å²) < 4.78 is 15.1. The first kappa shape index (κ1) is 21.3. The standard InChI is InChI=1S/C22H21ClFN7O2/c1-29(22(5-6-22)20-25-7-2-8-26-20)19(32)15-12-27-31-10-9-30(13-18(15)31)21(33)28-14-3-4-17(24)16(23)11-14/h2-4,7-8,11-12H,5-6,9-10,13H2,1H3,(H,28,33). The fourth-order valence-electron chi connectivity index (χ4n) is 4.12. The number of nitrogens with zero attached hydrogens (tertiary/aromatic N) is 6. The molecule has 11 heteroatoms. The lowest BCUT2D eigenvalue weighted by Gasteiger charge is -2.30. The van der Waals surface area contributed by atoms with Crippen LogP contribution < -0.4 is 5.32 Å². The molecule has 1 fully saturated rings. The van der Waals surface area contributed by atoms with Crippen LogP contribution in [0.25, 0.3) is 0 Å². The number of fused-ring (bicyclic) bond motifs is 1. The Morgan fingerprint density at radius 3 is 2.67 bits per heavy atom. The van der Waals surface area contributed by atoms with E-state index in [-0.39, 0.29) is 23.5 Å². The van der Waals surface area contributed by atoms with Crippen molar-refractivity contribution >= 4 is 29.2 Å². The van der Waals surface area contributed by atoms with Crippen molar-refractivity contribution in [2.45, 2.75) is 31.5 Å². The first-order valence-electron chi connectivity index (χ1n) is 10.5. The van der Waals surface area contributed by atoms with Gasteiger partial charge in [0.05, 0.1) is 35.6 Å². The van der Waals surface area contributed by atoms with Gasteiger partial charge in [-0.3, -0.25) is 9.48 Å². The van der Waals surface area contributed by atoms with Crippen LogP contribution in [0.3, 0.4) is 0 Å². The highest BCUT2D eigenvalue weighted by molar-refractivity contribution is 6.31. The molecule has 1 saturated carbocycles. The summed E-state index contributed by atoms with van der Waals surface area (Å²) in [6.45, 7) is 1.09. The monoisotopic (exact) mass is 469 g/mol. The molecule has 0 unspecified atom stereocenters. The molecular weight excluding hydrogens is 449 g/mol. The molecule has 33 heavy (non-hydrogen) atoms. The van der Waals surface area contributed by atoms with Crippen molar-refractivity contribution in [1.29, 1.82) is 0 Å². The van der Waals surface area contributed by atoms with E-state index < -0.39 is 11.4 Å². The maximum Gasteiger partial charge on any atom is 0.322 e. The van der Waals surface area contributed by atoms with Crippen LogP contribution in [0, 0.1) is 5.82 Å². The number of rotatable bonds is 4. The molecule has 1 aliphatic carbocycles. The zero-order chi connectivity index (χ0) is 23.2. The molecule has 3 amide bonds. The molecule has 2 aromatic heterocycles. The van der Waals surface area contributed by atoms with Crippen LogP contribution in [0.5, 0.6) is 0 Å². The van der Waals surface area contributed by atoms with Gasteiger partial charge in [0.15, 0.2) is 5.82 Å². The molecule has 9 nitrogen and oxygen atoms in total. The SMILES string of the molecule is CN(C(=O)c1cnn2c1CN(C(=O)Nc1ccc(F)c(Cl)c1)CC2)C1(c2ncccn2)CC1. The Morgan fingerprint density at radius 2 is 1.97 bits per heavy atom. The molecule has 2 aliphatic rings. The Morgan fingerprint density at radius 1 is 1.21 bits per heavy atom. The third-order valence-electron chi connectivity index (χ3n) is 6.21. The highest BCUT2D eigenvalue weighted by Gasteiger charge is 2.53. The Labute approximate surface area is 194 Å². The van der Waals surface area contributed by atoms with Crippen molar-refractivity contribution in [1.82, 2.24) is 29.5 Å². The highest BCUT2D eigenvalue weighted by Crippen LogP contribution is 2.49. The van der Waals surface area contributed by atoms with Gasteiger partial charge >= 0.3 is 6.03 Å². The summed E-state index contributed by atoms with van der Waals surface area (Å²) in [5.41, 5.74) is 0.984. The number of benzene rings is 1. The van der Waals surface area contributed by atoms with Gasteiger partial charge in [0.1, 0.15) is 11.4 Å². The van der Waals surface area contributed by atoms with E-state index in [1.807, 2.05) is 0 Å². The quantitative estimate of drug-likeness (QED) is 0.632. The number of amides is 3. The molecular formula is C22H21ClFN7O2. The first-order valence-corrected chi connectivity index (χ1v) is 10.9. The van der Waals surface area contributed by atoms with Crippen molar-refractivity contribution in [3.05, 3.63) is 70.8 Å². The minimum atomic E-state index is -0.557. The van der Waals surface area contributed by atoms with Gasteiger partial charge in [-0.2, -0.15) is 5.10 Å². The molecule has 170 valence electrons. The van der Waals surface area contributed by atoms with E-state index in [0.717, 1.165) is 12.8 Å². The maximum atomic E-state index is 13.4. The number of urea groups is 1. The molecule has 0 bridgehead atoms. The average molecular weight is 470 g/mol. The van der Waals surface area contributed by atoms with Crippen LogP contribution in [0.15, 0.2) is 42.9 Å². The Balaban J connectivity index is 1.33. The second kappa shape index (κ2) is 8.11. The molecule has 1 aliphatic heterocycles. The van der Waals surface area contributed by atoms with E-state index in [1.165, 1.54) is 18.2 Å². The Kier molecular flexibility index (Phi) is 5.24. The third kappa shape index (κ3) is 3.80. The summed E-state index contributed by atoms with van der Waals surface area (Å²) >= 11 is 5.80. The van der Waals surface area contributed by atoms with Gasteiger partial charge in [-0.1, -0.05) is 11.6 Å². The lowest BCUT2D eigenvalue weighted by atomic mass is 10.1. The average Bonchev–Trinajstić information content (AvgIpc) is 3.54. The van der Waals surface area contributed by atoms with Gasteiger partial charge in [-0.05, 0) is 37.1 Å². The number of halogens is 2. The molecule has 0 radical (unpaired) electrons. The van der Waals surface area contributed by atoms with Gasteiger partial charge in [0, 0.05) is 31.7 Å². The summed E-state index contributed by atoms with van der Waals surface area (Å²) in [5, 5.41) is 7.01. The number of carbonyl (C=O) groups is 2. The van der Waals surface area contributed by atoms with Crippen molar-refractivity contribution in [2.24, 2.45) is 0 Å². The van der Waals surface area contributed by atoms with Gasteiger partial charge in [0.25, 0.3) is 5.91 Å². The van der Waals surface area contributed by atoms with Crippen molar-refractivity contribution in [2.75, 3.05) is 18.9 Å². The fourth-order valence-corrected chi connectivity index (χ4v) is 4.30. The maximum absolute atomic E-state index is 13.4. The van der Waals surface area contributed by atoms with Crippen LogP contribution >= 0.6 is 11.6 Å². The number of hydrogen-bond donors (Lipinski definition) is 1. The molecule has 1 aromatic carbocycles. The number of aromatic nitrogens is 4. The van der Waals surface area contributed by atoms with Crippen LogP contribution in [-0.4, -0.2) is 55.1 Å². The van der Waals surface area contributed by atoms with E-state index in [1.54, 1.807) is 46.2 Å². The lowest BCUT2D eigenvalue weighted by Crippen LogP contribution is -2.42. The summed E-state index contributed by atoms with van der Waals surface area (Å²) in [6.07, 6.45) is 6.48. The molecule has 0 saturated heterocycles. The van der Waals surface area contributed by atoms with Crippen LogP contribution in [0.1, 0.15) is 34.7 Å². The van der Waals surface area contributed by atoms with Crippen LogP contribution in [0.4, 0.5) is 14.9 Å². The van der Waals surface area contributed by atoms with Crippen LogP contribution in [0.2, 0.25) is 5.02 Å². The first-order chi connectivity index (χ1) is 15.9. The second-order valence-corrected chi connectivity index (χ2v) is 8.58. The number of carbonyl (C=O) groups excluding carboxylic acids is 2. The Bertz CT molecular complexity index is 1230. The molecule has 0 spiro atoms. The predicted octanol–water partition coefficient (Wildman–Crippen LogP) is 3.27. The van der Waals surface area contributed by atoms with Gasteiger partial charge in [-0.15, -0.1) is 0 Å². The number of nitrogens with one attached hydrogen (secondary N) is 1. The highest BCUT2D eigenvalue weighted by atomic mass is 35.5. The van der Waals surface area contributed by atoms with E-state index in [2.05, 4.69) is 20.4 Å². The van der Waals surface area contributed by atoms with E-state index in [0.29, 0.717) is 35.9 Å². The van der Waals surface area contributed by atoms with Crippen molar-refractivity contribution in [3.63, 3.8) is 0 Å². The van der Waals surface area contributed by atoms with Gasteiger partial charge in [-0.25, -0.2) is 19.2 Å². The number of hydrogen-bond acceptors (Lipinski definition) is 5. The zero-order valence-corrected chi connectivity index (χ0v) is 18.6. The molecule has 3 aromatic rings. The summed E-state index contributed by atoms with van der Waals surface area (Å²) in [5.74, 6) is -0.118. The Hall–Kier alpha value is -3.53. The minimum absolute atomic E-state index is 0.0724. The summed E-state index contributed by atoms with van der Waals surface area (Å²) in [6, 6.07) is 5.37. The molecule has 5 rings (SSSR count). The fraction of sp³-hybridized carbons (Fsp3) is 0.318. The zero-order valence-electron chi connectivity index (χ0n) is 17.8. The predicted molar refractivity (Wildman–Crippen MR) is 118 cm³/mol. The molecule has 0 atom stereocenters. The smallest absolute Gasteiger partial charge is 0.322 e. The normalized spacial score (nSPS) is 16.2. The van der Waals surface area contributed by atoms with Gasteiger partial charge in [0.2, 0.25) is 0 Å². The largest absolute Gasteiger partial charge is 0.329 e. The van der Waals surface area contributed by atoms with E-state index in [4.69, 9.17) is 11.6 Å². The van der Waals surface area contributed by atoms with Crippen molar-refractivity contribution < 1.29 is 14.0 Å². The minimum Gasteiger partial charge on any atom is -0.329 e. The molecule has 3 heterocycles. The topological polar surface area (TPSA) is 96.2 Å². The summed E-state index contributed by atoms with van der Waals surface area (Å²) in [4.78, 5) is 38.2. The van der Waals surface area contributed by atoms with E-state index in [9.17, 15) is 14.0 Å². The van der Waals surface area contributed by atoms with Crippen molar-refractivity contribution in [3.8, 4) is 0 Å². The third-order valence-corrected chi connectivity index (χ3v) is 6.50. The van der Waals surface area contributed by atoms with Gasteiger partial charge < -0.3 is 15.1 Å². The lowest BCUT2D eigenvalue weighted by molar-refractivity contribution is 0.0692. The van der Waals surface area contributed by atoms with Crippen LogP contribution in [-0.2, 0) is 18.6 Å². The number of anilines is 1. The van der Waals surface area contributed by atoms with E-state index >= 15 is 0 Å². The molecule has 1 N–H and O–H groups in total. The summed E-state index contributed by atoms with van der Waals surface area (Å²) in [7, 11) is 1.75.